The Balaban J connectivity index is 2.11. The molecule has 1 aromatic rings. The third-order valence-corrected chi connectivity index (χ3v) is 3.79. The molecule has 6 nitrogen and oxygen atoms in total. The van der Waals surface area contributed by atoms with E-state index in [0.29, 0.717) is 24.9 Å². The van der Waals surface area contributed by atoms with E-state index in [4.69, 9.17) is 9.47 Å². The second-order valence-electron chi connectivity index (χ2n) is 7.18. The summed E-state index contributed by atoms with van der Waals surface area (Å²) in [6.07, 6.45) is -4.36. The van der Waals surface area contributed by atoms with Gasteiger partial charge in [0.15, 0.2) is 11.4 Å². The predicted octanol–water partition coefficient (Wildman–Crippen LogP) is 3.18. The summed E-state index contributed by atoms with van der Waals surface area (Å²) in [5.74, 6) is -0.133. The minimum Gasteiger partial charge on any atom is -0.630 e. The van der Waals surface area contributed by atoms with Crippen molar-refractivity contribution < 1.29 is 32.9 Å². The Labute approximate surface area is 149 Å². The van der Waals surface area contributed by atoms with Crippen LogP contribution in [-0.2, 0) is 10.9 Å². The molecule has 1 atom stereocenters. The van der Waals surface area contributed by atoms with Crippen LogP contribution in [0.3, 0.4) is 0 Å². The first kappa shape index (κ1) is 20.3. The summed E-state index contributed by atoms with van der Waals surface area (Å²) < 4.78 is 49.6. The van der Waals surface area contributed by atoms with E-state index in [9.17, 15) is 23.2 Å². The van der Waals surface area contributed by atoms with Crippen LogP contribution >= 0.6 is 0 Å². The van der Waals surface area contributed by atoms with Gasteiger partial charge in [0.25, 0.3) is 0 Å². The van der Waals surface area contributed by atoms with Crippen LogP contribution in [0.5, 0.6) is 5.75 Å². The predicted molar refractivity (Wildman–Crippen MR) is 87.9 cm³/mol. The molecule has 1 aromatic carbocycles. The van der Waals surface area contributed by atoms with Gasteiger partial charge in [-0.1, -0.05) is 0 Å². The number of rotatable bonds is 3. The van der Waals surface area contributed by atoms with Crippen LogP contribution in [0.15, 0.2) is 18.2 Å². The molecule has 0 aliphatic carbocycles. The zero-order valence-electron chi connectivity index (χ0n) is 14.9. The average Bonchev–Trinajstić information content (AvgIpc) is 2.52. The number of ether oxygens (including phenoxy) is 2. The molecular weight excluding hydrogens is 353 g/mol. The lowest BCUT2D eigenvalue weighted by Gasteiger charge is -2.34. The molecule has 1 aliphatic heterocycles. The fourth-order valence-corrected chi connectivity index (χ4v) is 2.62. The van der Waals surface area contributed by atoms with Crippen molar-refractivity contribution in [3.63, 3.8) is 0 Å². The Kier molecular flexibility index (Phi) is 6.02. The average molecular weight is 376 g/mol. The Bertz CT molecular complexity index is 644. The SMILES string of the molecule is CC(C)(C)OC(=O)N1CCCC(Oc2cc(C(F)(F)F)ccc2[NH2+][O-])C1. The van der Waals surface area contributed by atoms with Gasteiger partial charge in [-0.15, -0.1) is 0 Å². The summed E-state index contributed by atoms with van der Waals surface area (Å²) in [6.45, 7) is 5.92. The van der Waals surface area contributed by atoms with Gasteiger partial charge in [-0.2, -0.15) is 13.2 Å². The highest BCUT2D eigenvalue weighted by atomic mass is 19.4. The maximum absolute atomic E-state index is 12.9. The first-order valence-corrected chi connectivity index (χ1v) is 8.30. The number of benzene rings is 1. The van der Waals surface area contributed by atoms with E-state index in [0.717, 1.165) is 18.2 Å². The normalized spacial score (nSPS) is 18.6. The van der Waals surface area contributed by atoms with E-state index < -0.39 is 29.5 Å². The van der Waals surface area contributed by atoms with Crippen LogP contribution in [0.2, 0.25) is 0 Å². The highest BCUT2D eigenvalue weighted by Crippen LogP contribution is 2.34. The number of amides is 1. The summed E-state index contributed by atoms with van der Waals surface area (Å²) in [7, 11) is 0. The summed E-state index contributed by atoms with van der Waals surface area (Å²) in [5, 5.41) is 11.1. The first-order chi connectivity index (χ1) is 12.0. The van der Waals surface area contributed by atoms with Gasteiger partial charge in [0.2, 0.25) is 0 Å². The standard InChI is InChI=1S/C17H23F3N2O4/c1-16(2,3)26-15(23)22-8-4-5-12(10-22)25-14-9-11(17(18,19)20)6-7-13(14)21-24/h6-7,9,12H,4-5,8,10,21H2,1-3H3. The number of quaternary nitrogens is 1. The highest BCUT2D eigenvalue weighted by molar-refractivity contribution is 5.68. The minimum absolute atomic E-state index is 0.0346. The maximum atomic E-state index is 12.9. The van der Waals surface area contributed by atoms with Gasteiger partial charge in [0.1, 0.15) is 11.7 Å². The molecule has 1 fully saturated rings. The summed E-state index contributed by atoms with van der Waals surface area (Å²) in [4.78, 5) is 13.6. The third-order valence-electron chi connectivity index (χ3n) is 3.79. The minimum atomic E-state index is -4.53. The van der Waals surface area contributed by atoms with E-state index in [1.165, 1.54) is 4.90 Å². The number of likely N-dealkylation sites (tertiary alicyclic amines) is 1. The molecule has 0 spiro atoms. The summed E-state index contributed by atoms with van der Waals surface area (Å²) >= 11 is 0. The zero-order valence-corrected chi connectivity index (χ0v) is 14.9. The molecule has 0 radical (unpaired) electrons. The topological polar surface area (TPSA) is 78.4 Å². The molecule has 146 valence electrons. The van der Waals surface area contributed by atoms with Crippen molar-refractivity contribution in [2.45, 2.75) is 51.5 Å². The number of carbonyl (C=O) groups excluding carboxylic acids is 1. The Morgan fingerprint density at radius 2 is 2.00 bits per heavy atom. The van der Waals surface area contributed by atoms with Gasteiger partial charge in [0, 0.05) is 12.6 Å². The van der Waals surface area contributed by atoms with Crippen LogP contribution in [0.25, 0.3) is 0 Å². The fourth-order valence-electron chi connectivity index (χ4n) is 2.62. The van der Waals surface area contributed by atoms with Gasteiger partial charge in [-0.3, -0.25) is 0 Å². The molecule has 26 heavy (non-hydrogen) atoms. The van der Waals surface area contributed by atoms with Crippen molar-refractivity contribution in [2.75, 3.05) is 13.1 Å². The fraction of sp³-hybridized carbons (Fsp3) is 0.588. The highest BCUT2D eigenvalue weighted by Gasteiger charge is 2.33. The number of piperidine rings is 1. The molecule has 0 aromatic heterocycles. The van der Waals surface area contributed by atoms with Crippen molar-refractivity contribution in [2.24, 2.45) is 0 Å². The van der Waals surface area contributed by atoms with E-state index >= 15 is 0 Å². The van der Waals surface area contributed by atoms with Crippen LogP contribution in [0, 0.1) is 5.21 Å². The van der Waals surface area contributed by atoms with Gasteiger partial charge in [0.05, 0.1) is 12.1 Å². The van der Waals surface area contributed by atoms with Gasteiger partial charge in [-0.25, -0.2) is 4.79 Å². The van der Waals surface area contributed by atoms with Crippen molar-refractivity contribution in [3.8, 4) is 5.75 Å². The molecule has 1 amide bonds. The van der Waals surface area contributed by atoms with Crippen molar-refractivity contribution in [3.05, 3.63) is 29.0 Å². The zero-order chi connectivity index (χ0) is 19.5. The summed E-state index contributed by atoms with van der Waals surface area (Å²) in [5.41, 5.74) is -1.05. The lowest BCUT2D eigenvalue weighted by atomic mass is 10.1. The molecule has 0 saturated carbocycles. The van der Waals surface area contributed by atoms with Gasteiger partial charge < -0.3 is 25.1 Å². The Morgan fingerprint density at radius 3 is 2.58 bits per heavy atom. The van der Waals surface area contributed by atoms with Crippen LogP contribution in [-0.4, -0.2) is 35.8 Å². The number of alkyl halides is 3. The van der Waals surface area contributed by atoms with Crippen LogP contribution < -0.4 is 10.2 Å². The molecule has 0 bridgehead atoms. The number of hydrogen-bond acceptors (Lipinski definition) is 4. The van der Waals surface area contributed by atoms with Crippen LogP contribution in [0.1, 0.15) is 39.2 Å². The number of nitrogens with two attached hydrogens (primary N) is 1. The quantitative estimate of drug-likeness (QED) is 0.649. The van der Waals surface area contributed by atoms with Gasteiger partial charge in [-0.05, 0) is 45.7 Å². The molecule has 2 N–H and O–H groups in total. The largest absolute Gasteiger partial charge is 0.630 e. The van der Waals surface area contributed by atoms with Crippen molar-refractivity contribution in [1.29, 1.82) is 0 Å². The third kappa shape index (κ3) is 5.50. The van der Waals surface area contributed by atoms with Crippen molar-refractivity contribution in [1.82, 2.24) is 4.90 Å². The lowest BCUT2D eigenvalue weighted by Crippen LogP contribution is -2.70. The number of hydrogen-bond donors (Lipinski definition) is 1. The first-order valence-electron chi connectivity index (χ1n) is 8.30. The number of nitrogens with zero attached hydrogens (tertiary/aromatic N) is 1. The molecule has 1 heterocycles. The molecule has 1 unspecified atom stereocenters. The van der Waals surface area contributed by atoms with Crippen molar-refractivity contribution >= 4 is 11.8 Å². The second kappa shape index (κ2) is 7.71. The van der Waals surface area contributed by atoms with Crippen LogP contribution in [0.4, 0.5) is 23.7 Å². The molecule has 9 heteroatoms. The van der Waals surface area contributed by atoms with E-state index in [1.54, 1.807) is 20.8 Å². The van der Waals surface area contributed by atoms with E-state index in [-0.39, 0.29) is 18.0 Å². The van der Waals surface area contributed by atoms with E-state index in [2.05, 4.69) is 0 Å². The summed E-state index contributed by atoms with van der Waals surface area (Å²) in [6, 6.07) is 2.74. The van der Waals surface area contributed by atoms with E-state index in [1.807, 2.05) is 0 Å². The molecule has 1 aliphatic rings. The second-order valence-corrected chi connectivity index (χ2v) is 7.18. The Morgan fingerprint density at radius 1 is 1.31 bits per heavy atom. The molecular formula is C17H23F3N2O4. The van der Waals surface area contributed by atoms with Gasteiger partial charge >= 0.3 is 12.3 Å². The monoisotopic (exact) mass is 376 g/mol. The molecule has 1 saturated heterocycles. The number of halogens is 3. The Hall–Kier alpha value is -2.00. The molecule has 2 rings (SSSR count). The lowest BCUT2D eigenvalue weighted by molar-refractivity contribution is -0.498. The maximum Gasteiger partial charge on any atom is 0.416 e. The number of carbonyl (C=O) groups is 1. The smallest absolute Gasteiger partial charge is 0.416 e.